The number of carbonyl (C=O) groups is 2. The molecular weight excluding hydrogens is 384 g/mol. The average Bonchev–Trinajstić information content (AvgIpc) is 2.70. The Morgan fingerprint density at radius 3 is 2.37 bits per heavy atom. The number of aliphatic carboxylic acids is 2. The van der Waals surface area contributed by atoms with Crippen LogP contribution in [0.3, 0.4) is 0 Å². The molecule has 0 aromatic carbocycles. The minimum Gasteiger partial charge on any atom is -0.481 e. The van der Waals surface area contributed by atoms with E-state index in [4.69, 9.17) is 20.4 Å². The molecule has 0 fully saturated rings. The first-order valence-corrected chi connectivity index (χ1v) is 11.3. The number of carboxylic acid groups (broad SMARTS) is 2. The predicted octanol–water partition coefficient (Wildman–Crippen LogP) is 4.66. The molecule has 2 rings (SSSR count). The van der Waals surface area contributed by atoms with E-state index in [9.17, 15) is 9.59 Å². The second-order valence-electron chi connectivity index (χ2n) is 8.32. The van der Waals surface area contributed by atoms with Gasteiger partial charge in [0.15, 0.2) is 0 Å². The number of hydrogen-bond donors (Lipinski definition) is 4. The van der Waals surface area contributed by atoms with Crippen molar-refractivity contribution >= 4 is 11.9 Å². The minimum atomic E-state index is -1.05. The first-order valence-electron chi connectivity index (χ1n) is 11.3. The lowest BCUT2D eigenvalue weighted by molar-refractivity contribution is -0.141. The van der Waals surface area contributed by atoms with Crippen molar-refractivity contribution in [2.75, 3.05) is 6.61 Å². The summed E-state index contributed by atoms with van der Waals surface area (Å²) in [5.41, 5.74) is 1.65. The van der Waals surface area contributed by atoms with Crippen LogP contribution in [0, 0.1) is 23.7 Å². The van der Waals surface area contributed by atoms with Gasteiger partial charge in [-0.2, -0.15) is 0 Å². The fraction of sp³-hybridized carbons (Fsp3) is 0.750. The van der Waals surface area contributed by atoms with E-state index in [-0.39, 0.29) is 25.4 Å². The number of aliphatic hydroxyl groups excluding tert-OH is 2. The van der Waals surface area contributed by atoms with Gasteiger partial charge < -0.3 is 20.4 Å². The fourth-order valence-corrected chi connectivity index (χ4v) is 3.77. The summed E-state index contributed by atoms with van der Waals surface area (Å²) < 4.78 is 0. The maximum absolute atomic E-state index is 9.93. The van der Waals surface area contributed by atoms with Crippen LogP contribution in [-0.2, 0) is 9.59 Å². The summed E-state index contributed by atoms with van der Waals surface area (Å²) in [5, 5.41) is 33.1. The van der Waals surface area contributed by atoms with Crippen LogP contribution in [0.2, 0.25) is 0 Å². The molecule has 2 aliphatic rings. The molecule has 0 spiro atoms. The number of allylic oxidation sites excluding steroid dienone is 4. The SMILES string of the molecule is CCC(C)C(=O)O.CCCC1C(C)C=CC2=CCCCC21.O=C(O)CC(O)CCO. The molecule has 6 nitrogen and oxygen atoms in total. The first kappa shape index (κ1) is 28.3. The zero-order valence-corrected chi connectivity index (χ0v) is 19.1. The van der Waals surface area contributed by atoms with Crippen LogP contribution in [0.5, 0.6) is 0 Å². The van der Waals surface area contributed by atoms with Crippen LogP contribution >= 0.6 is 0 Å². The lowest BCUT2D eigenvalue weighted by Gasteiger charge is -2.37. The highest BCUT2D eigenvalue weighted by Crippen LogP contribution is 2.41. The number of aliphatic hydroxyl groups is 2. The largest absolute Gasteiger partial charge is 0.481 e. The zero-order chi connectivity index (χ0) is 23.1. The third kappa shape index (κ3) is 11.5. The smallest absolute Gasteiger partial charge is 0.306 e. The quantitative estimate of drug-likeness (QED) is 0.449. The molecule has 5 atom stereocenters. The molecule has 0 saturated heterocycles. The molecule has 4 N–H and O–H groups in total. The van der Waals surface area contributed by atoms with Crippen molar-refractivity contribution in [3.8, 4) is 0 Å². The molecule has 0 bridgehead atoms. The van der Waals surface area contributed by atoms with Gasteiger partial charge in [-0.25, -0.2) is 0 Å². The Morgan fingerprint density at radius 1 is 1.23 bits per heavy atom. The van der Waals surface area contributed by atoms with Crippen molar-refractivity contribution in [2.45, 2.75) is 85.2 Å². The number of rotatable bonds is 8. The van der Waals surface area contributed by atoms with Gasteiger partial charge in [-0.3, -0.25) is 9.59 Å². The molecule has 0 radical (unpaired) electrons. The lowest BCUT2D eigenvalue weighted by atomic mass is 9.68. The molecule has 6 heteroatoms. The summed E-state index contributed by atoms with van der Waals surface area (Å²) in [4.78, 5) is 19.8. The summed E-state index contributed by atoms with van der Waals surface area (Å²) in [6.45, 7) is 8.09. The molecule has 5 unspecified atom stereocenters. The third-order valence-corrected chi connectivity index (χ3v) is 5.84. The van der Waals surface area contributed by atoms with Gasteiger partial charge in [0.05, 0.1) is 18.4 Å². The van der Waals surface area contributed by atoms with E-state index in [1.54, 1.807) is 12.5 Å². The molecule has 0 amide bonds. The fourth-order valence-electron chi connectivity index (χ4n) is 3.77. The van der Waals surface area contributed by atoms with Crippen LogP contribution in [-0.4, -0.2) is 45.1 Å². The summed E-state index contributed by atoms with van der Waals surface area (Å²) in [6, 6.07) is 0. The summed E-state index contributed by atoms with van der Waals surface area (Å²) in [5.74, 6) is 0.689. The summed E-state index contributed by atoms with van der Waals surface area (Å²) >= 11 is 0. The Balaban J connectivity index is 0.000000458. The van der Waals surface area contributed by atoms with Gasteiger partial charge in [0, 0.05) is 6.61 Å². The van der Waals surface area contributed by atoms with Crippen LogP contribution < -0.4 is 0 Å². The number of carboxylic acids is 2. The Labute approximate surface area is 181 Å². The van der Waals surface area contributed by atoms with Crippen LogP contribution in [0.25, 0.3) is 0 Å². The standard InChI is InChI=1S/C14H22.C5H10O4.C5H10O2/c1-3-6-13-11(2)9-10-12-7-4-5-8-14(12)13;6-2-1-4(7)3-5(8)9;1-3-4(2)5(6)7/h7,9-11,13-14H,3-6,8H2,1-2H3;4,6-7H,1-3H2,(H,8,9);4H,3H2,1-2H3,(H,6,7). The van der Waals surface area contributed by atoms with Gasteiger partial charge >= 0.3 is 11.9 Å². The number of fused-ring (bicyclic) bond motifs is 1. The zero-order valence-electron chi connectivity index (χ0n) is 19.1. The normalized spacial score (nSPS) is 24.1. The molecular formula is C24H42O6. The van der Waals surface area contributed by atoms with Gasteiger partial charge in [0.25, 0.3) is 0 Å². The topological polar surface area (TPSA) is 115 Å². The van der Waals surface area contributed by atoms with E-state index < -0.39 is 18.0 Å². The van der Waals surface area contributed by atoms with Crippen molar-refractivity contribution in [3.63, 3.8) is 0 Å². The van der Waals surface area contributed by atoms with Crippen molar-refractivity contribution in [1.29, 1.82) is 0 Å². The summed E-state index contributed by atoms with van der Waals surface area (Å²) in [7, 11) is 0. The van der Waals surface area contributed by atoms with Crippen molar-refractivity contribution < 1.29 is 30.0 Å². The van der Waals surface area contributed by atoms with E-state index >= 15 is 0 Å². The molecule has 0 heterocycles. The minimum absolute atomic E-state index is 0.131. The third-order valence-electron chi connectivity index (χ3n) is 5.84. The van der Waals surface area contributed by atoms with E-state index in [1.165, 1.54) is 32.1 Å². The second-order valence-corrected chi connectivity index (χ2v) is 8.32. The second kappa shape index (κ2) is 16.1. The number of hydrogen-bond acceptors (Lipinski definition) is 4. The van der Waals surface area contributed by atoms with Crippen molar-refractivity contribution in [3.05, 3.63) is 23.8 Å². The Hall–Kier alpha value is -1.66. The first-order chi connectivity index (χ1) is 14.2. The van der Waals surface area contributed by atoms with E-state index in [0.717, 1.165) is 24.2 Å². The average molecular weight is 427 g/mol. The highest BCUT2D eigenvalue weighted by molar-refractivity contribution is 5.69. The van der Waals surface area contributed by atoms with Crippen molar-refractivity contribution in [2.24, 2.45) is 23.7 Å². The van der Waals surface area contributed by atoms with Gasteiger partial charge in [-0.1, -0.05) is 52.3 Å². The highest BCUT2D eigenvalue weighted by Gasteiger charge is 2.30. The monoisotopic (exact) mass is 426 g/mol. The predicted molar refractivity (Wildman–Crippen MR) is 119 cm³/mol. The van der Waals surface area contributed by atoms with Gasteiger partial charge in [0.1, 0.15) is 0 Å². The maximum atomic E-state index is 9.93. The maximum Gasteiger partial charge on any atom is 0.306 e. The molecule has 174 valence electrons. The van der Waals surface area contributed by atoms with Crippen LogP contribution in [0.4, 0.5) is 0 Å². The lowest BCUT2D eigenvalue weighted by Crippen LogP contribution is -2.26. The highest BCUT2D eigenvalue weighted by atomic mass is 16.4. The van der Waals surface area contributed by atoms with Gasteiger partial charge in [-0.15, -0.1) is 0 Å². The molecule has 30 heavy (non-hydrogen) atoms. The van der Waals surface area contributed by atoms with Crippen molar-refractivity contribution in [1.82, 2.24) is 0 Å². The van der Waals surface area contributed by atoms with Gasteiger partial charge in [-0.05, 0) is 61.9 Å². The summed E-state index contributed by atoms with van der Waals surface area (Å²) in [6.07, 6.45) is 13.8. The molecule has 0 aliphatic heterocycles. The Kier molecular flexibility index (Phi) is 15.2. The van der Waals surface area contributed by atoms with Crippen LogP contribution in [0.1, 0.15) is 79.1 Å². The van der Waals surface area contributed by atoms with E-state index in [2.05, 4.69) is 32.1 Å². The van der Waals surface area contributed by atoms with Crippen LogP contribution in [0.15, 0.2) is 23.8 Å². The van der Waals surface area contributed by atoms with Gasteiger partial charge in [0.2, 0.25) is 0 Å². The molecule has 2 aliphatic carbocycles. The molecule has 0 aromatic rings. The molecule has 0 aromatic heterocycles. The Morgan fingerprint density at radius 2 is 1.90 bits per heavy atom. The molecule has 0 saturated carbocycles. The Bertz CT molecular complexity index is 554. The van der Waals surface area contributed by atoms with E-state index in [1.807, 2.05) is 6.92 Å². The van der Waals surface area contributed by atoms with E-state index in [0.29, 0.717) is 0 Å².